The van der Waals surface area contributed by atoms with Gasteiger partial charge in [-0.05, 0) is 24.4 Å². The van der Waals surface area contributed by atoms with Crippen LogP contribution in [0.3, 0.4) is 0 Å². The average Bonchev–Trinajstić information content (AvgIpc) is 2.90. The lowest BCUT2D eigenvalue weighted by Gasteiger charge is -2.24. The van der Waals surface area contributed by atoms with E-state index in [1.54, 1.807) is 0 Å². The molecule has 4 nitrogen and oxygen atoms in total. The maximum Gasteiger partial charge on any atom is 0.224 e. The van der Waals surface area contributed by atoms with Crippen molar-refractivity contribution in [2.75, 3.05) is 24.3 Å². The van der Waals surface area contributed by atoms with Crippen LogP contribution in [0.25, 0.3) is 0 Å². The van der Waals surface area contributed by atoms with E-state index in [0.29, 0.717) is 11.3 Å². The van der Waals surface area contributed by atoms with Gasteiger partial charge in [0.1, 0.15) is 5.82 Å². The quantitative estimate of drug-likeness (QED) is 0.848. The number of hydrogen-bond donors (Lipinski definition) is 1. The maximum atomic E-state index is 5.95. The lowest BCUT2D eigenvalue weighted by atomic mass is 10.1. The van der Waals surface area contributed by atoms with Gasteiger partial charge in [-0.3, -0.25) is 0 Å². The summed E-state index contributed by atoms with van der Waals surface area (Å²) in [4.78, 5) is 9.78. The first-order valence-electron chi connectivity index (χ1n) is 6.86. The Labute approximate surface area is 123 Å². The summed E-state index contributed by atoms with van der Waals surface area (Å²) in [7, 11) is 0. The molecule has 2 aliphatic heterocycles. The van der Waals surface area contributed by atoms with Gasteiger partial charge in [-0.25, -0.2) is 4.98 Å². The second kappa shape index (κ2) is 7.31. The zero-order valence-corrected chi connectivity index (χ0v) is 13.0. The van der Waals surface area contributed by atoms with Crippen LogP contribution in [0.4, 0.5) is 5.82 Å². The standard InChI is InChI=1S/C11H14ClN3OS.C2H6/c12-11-14-8-3-6-17-9(8)10(15-11)13-7-1-4-16-5-2-7;1-2/h7H,1-6H2,(H,13,14,15);1-2H3. The molecule has 0 bridgehead atoms. The number of anilines is 1. The molecule has 2 aliphatic rings. The van der Waals surface area contributed by atoms with Crippen molar-refractivity contribution < 1.29 is 4.74 Å². The summed E-state index contributed by atoms with van der Waals surface area (Å²) in [5.74, 6) is 1.99. The number of nitrogens with zero attached hydrogens (tertiary/aromatic N) is 2. The molecule has 0 spiro atoms. The number of nitrogens with one attached hydrogen (secondary N) is 1. The van der Waals surface area contributed by atoms with Gasteiger partial charge in [-0.2, -0.15) is 4.98 Å². The molecule has 0 unspecified atom stereocenters. The SMILES string of the molecule is CC.Clc1nc2c(c(NC3CCOCC3)n1)SCC2. The second-order valence-corrected chi connectivity index (χ2v) is 5.69. The number of ether oxygens (including phenoxy) is 1. The van der Waals surface area contributed by atoms with Crippen LogP contribution in [0.1, 0.15) is 32.4 Å². The molecule has 1 N–H and O–H groups in total. The molecule has 0 aromatic carbocycles. The van der Waals surface area contributed by atoms with Gasteiger partial charge in [-0.15, -0.1) is 11.8 Å². The second-order valence-electron chi connectivity index (χ2n) is 4.25. The van der Waals surface area contributed by atoms with Gasteiger partial charge in [-0.1, -0.05) is 13.8 Å². The smallest absolute Gasteiger partial charge is 0.224 e. The first-order chi connectivity index (χ1) is 9.33. The number of halogens is 1. The monoisotopic (exact) mass is 301 g/mol. The van der Waals surface area contributed by atoms with Gasteiger partial charge in [0, 0.05) is 31.4 Å². The average molecular weight is 302 g/mol. The van der Waals surface area contributed by atoms with Crippen LogP contribution in [-0.2, 0) is 11.2 Å². The highest BCUT2D eigenvalue weighted by Gasteiger charge is 2.22. The third-order valence-corrected chi connectivity index (χ3v) is 4.35. The Kier molecular flexibility index (Phi) is 5.73. The highest BCUT2D eigenvalue weighted by molar-refractivity contribution is 7.99. The van der Waals surface area contributed by atoms with Gasteiger partial charge in [0.05, 0.1) is 10.6 Å². The van der Waals surface area contributed by atoms with E-state index in [-0.39, 0.29) is 0 Å². The van der Waals surface area contributed by atoms with Crippen LogP contribution in [0.15, 0.2) is 4.90 Å². The molecule has 1 aromatic heterocycles. The highest BCUT2D eigenvalue weighted by Crippen LogP contribution is 2.36. The minimum atomic E-state index is 0.348. The first kappa shape index (κ1) is 14.9. The van der Waals surface area contributed by atoms with Gasteiger partial charge in [0.2, 0.25) is 5.28 Å². The number of rotatable bonds is 2. The Bertz CT molecular complexity index is 425. The summed E-state index contributed by atoms with van der Waals surface area (Å²) >= 11 is 7.76. The van der Waals surface area contributed by atoms with Crippen LogP contribution in [-0.4, -0.2) is 35.0 Å². The predicted molar refractivity (Wildman–Crippen MR) is 80.3 cm³/mol. The van der Waals surface area contributed by atoms with Crippen LogP contribution < -0.4 is 5.32 Å². The molecular weight excluding hydrogens is 282 g/mol. The number of fused-ring (bicyclic) bond motifs is 1. The minimum absolute atomic E-state index is 0.348. The van der Waals surface area contributed by atoms with Crippen molar-refractivity contribution in [3.63, 3.8) is 0 Å². The van der Waals surface area contributed by atoms with Gasteiger partial charge >= 0.3 is 0 Å². The van der Waals surface area contributed by atoms with Crippen LogP contribution in [0.5, 0.6) is 0 Å². The summed E-state index contributed by atoms with van der Waals surface area (Å²) in [5, 5.41) is 3.83. The van der Waals surface area contributed by atoms with Crippen molar-refractivity contribution in [2.45, 2.75) is 44.0 Å². The van der Waals surface area contributed by atoms with Crippen molar-refractivity contribution in [2.24, 2.45) is 0 Å². The molecule has 3 heterocycles. The maximum absolute atomic E-state index is 5.95. The Balaban J connectivity index is 0.000000637. The Morgan fingerprint density at radius 3 is 2.74 bits per heavy atom. The van der Waals surface area contributed by atoms with E-state index in [1.807, 2.05) is 25.6 Å². The molecule has 1 saturated heterocycles. The van der Waals surface area contributed by atoms with Gasteiger partial charge in [0.15, 0.2) is 0 Å². The molecular formula is C13H20ClN3OS. The lowest BCUT2D eigenvalue weighted by Crippen LogP contribution is -2.28. The number of aryl methyl sites for hydroxylation is 1. The van der Waals surface area contributed by atoms with Crippen molar-refractivity contribution in [3.8, 4) is 0 Å². The fourth-order valence-corrected chi connectivity index (χ4v) is 3.41. The Morgan fingerprint density at radius 2 is 2.00 bits per heavy atom. The van der Waals surface area contributed by atoms with E-state index in [2.05, 4.69) is 15.3 Å². The third-order valence-electron chi connectivity index (χ3n) is 3.06. The van der Waals surface area contributed by atoms with Crippen molar-refractivity contribution in [1.29, 1.82) is 0 Å². The first-order valence-corrected chi connectivity index (χ1v) is 8.23. The van der Waals surface area contributed by atoms with Crippen molar-refractivity contribution in [1.82, 2.24) is 9.97 Å². The summed E-state index contributed by atoms with van der Waals surface area (Å²) in [6.45, 7) is 5.65. The van der Waals surface area contributed by atoms with Crippen LogP contribution in [0, 0.1) is 0 Å². The molecule has 3 rings (SSSR count). The van der Waals surface area contributed by atoms with E-state index < -0.39 is 0 Å². The zero-order valence-electron chi connectivity index (χ0n) is 11.4. The largest absolute Gasteiger partial charge is 0.381 e. The summed E-state index contributed by atoms with van der Waals surface area (Å²) in [6, 6.07) is 0.444. The third kappa shape index (κ3) is 3.74. The van der Waals surface area contributed by atoms with E-state index >= 15 is 0 Å². The van der Waals surface area contributed by atoms with Gasteiger partial charge < -0.3 is 10.1 Å². The van der Waals surface area contributed by atoms with Gasteiger partial charge in [0.25, 0.3) is 0 Å². The molecule has 0 saturated carbocycles. The molecule has 0 atom stereocenters. The summed E-state index contributed by atoms with van der Waals surface area (Å²) < 4.78 is 5.35. The molecule has 1 aromatic rings. The molecule has 0 radical (unpaired) electrons. The van der Waals surface area contributed by atoms with Crippen LogP contribution >= 0.6 is 23.4 Å². The highest BCUT2D eigenvalue weighted by atomic mass is 35.5. The van der Waals surface area contributed by atoms with E-state index in [0.717, 1.165) is 49.7 Å². The minimum Gasteiger partial charge on any atom is -0.381 e. The lowest BCUT2D eigenvalue weighted by molar-refractivity contribution is 0.0903. The van der Waals surface area contributed by atoms with Crippen molar-refractivity contribution in [3.05, 3.63) is 11.0 Å². The van der Waals surface area contributed by atoms with E-state index in [4.69, 9.17) is 16.3 Å². The molecule has 0 amide bonds. The Hall–Kier alpha value is -0.520. The fraction of sp³-hybridized carbons (Fsp3) is 0.692. The topological polar surface area (TPSA) is 47.0 Å². The molecule has 19 heavy (non-hydrogen) atoms. The van der Waals surface area contributed by atoms with E-state index in [9.17, 15) is 0 Å². The molecule has 6 heteroatoms. The molecule has 1 fully saturated rings. The number of aromatic nitrogens is 2. The fourth-order valence-electron chi connectivity index (χ4n) is 2.17. The normalized spacial score (nSPS) is 18.5. The van der Waals surface area contributed by atoms with Crippen molar-refractivity contribution >= 4 is 29.2 Å². The summed E-state index contributed by atoms with van der Waals surface area (Å²) in [6.07, 6.45) is 3.05. The molecule has 0 aliphatic carbocycles. The summed E-state index contributed by atoms with van der Waals surface area (Å²) in [5.41, 5.74) is 1.09. The zero-order chi connectivity index (χ0) is 13.7. The molecule has 106 valence electrons. The van der Waals surface area contributed by atoms with E-state index in [1.165, 1.54) is 4.90 Å². The number of thioether (sulfide) groups is 1. The Morgan fingerprint density at radius 1 is 1.26 bits per heavy atom. The number of hydrogen-bond acceptors (Lipinski definition) is 5. The van der Waals surface area contributed by atoms with Crippen LogP contribution in [0.2, 0.25) is 5.28 Å². The predicted octanol–water partition coefficient (Wildman–Crippen LogP) is 3.40.